The number of imidazole rings is 1. The zero-order chi connectivity index (χ0) is 20.9. The Bertz CT molecular complexity index is 1030. The molecule has 3 heterocycles. The summed E-state index contributed by atoms with van der Waals surface area (Å²) in [7, 11) is 0. The molecule has 0 unspecified atom stereocenters. The summed E-state index contributed by atoms with van der Waals surface area (Å²) in [4.78, 5) is 16.6. The molecule has 1 saturated heterocycles. The number of carbonyl (C=O) groups excluding carboxylic acids is 1. The Hall–Kier alpha value is -2.87. The zero-order valence-corrected chi connectivity index (χ0v) is 17.3. The van der Waals surface area contributed by atoms with Gasteiger partial charge in [-0.2, -0.15) is 4.73 Å². The SMILES string of the molecule is CCc1nc2c[n+]([O-])c3ccccc3c2n1CCCCOC(=O)NC1CCOCC1. The van der Waals surface area contributed by atoms with E-state index in [2.05, 4.69) is 21.8 Å². The Balaban J connectivity index is 1.38. The van der Waals surface area contributed by atoms with E-state index in [0.717, 1.165) is 60.1 Å². The maximum Gasteiger partial charge on any atom is 0.407 e. The third-order valence-corrected chi connectivity index (χ3v) is 5.58. The van der Waals surface area contributed by atoms with Gasteiger partial charge in [0.1, 0.15) is 5.82 Å². The first kappa shape index (κ1) is 20.4. The number of amides is 1. The summed E-state index contributed by atoms with van der Waals surface area (Å²) in [5.74, 6) is 0.958. The molecule has 1 aliphatic heterocycles. The van der Waals surface area contributed by atoms with Gasteiger partial charge in [0.25, 0.3) is 0 Å². The molecular weight excluding hydrogens is 384 g/mol. The number of aryl methyl sites for hydroxylation is 2. The van der Waals surface area contributed by atoms with Crippen molar-refractivity contribution in [3.63, 3.8) is 0 Å². The van der Waals surface area contributed by atoms with Gasteiger partial charge in [-0.15, -0.1) is 0 Å². The van der Waals surface area contributed by atoms with Crippen LogP contribution in [0.2, 0.25) is 0 Å². The molecule has 1 aliphatic rings. The quantitative estimate of drug-likeness (QED) is 0.366. The Kier molecular flexibility index (Phi) is 6.32. The van der Waals surface area contributed by atoms with Crippen molar-refractivity contribution in [3.05, 3.63) is 41.5 Å². The number of aromatic nitrogens is 3. The highest BCUT2D eigenvalue weighted by Gasteiger charge is 2.18. The van der Waals surface area contributed by atoms with Crippen molar-refractivity contribution in [3.8, 4) is 0 Å². The molecule has 3 aromatic rings. The number of alkyl carbamates (subject to hydrolysis) is 1. The number of rotatable bonds is 7. The molecule has 1 N–H and O–H groups in total. The molecule has 8 heteroatoms. The van der Waals surface area contributed by atoms with Gasteiger partial charge in [0.2, 0.25) is 11.7 Å². The predicted octanol–water partition coefficient (Wildman–Crippen LogP) is 3.07. The third-order valence-electron chi connectivity index (χ3n) is 5.58. The number of nitrogens with zero attached hydrogens (tertiary/aromatic N) is 3. The second-order valence-electron chi connectivity index (χ2n) is 7.61. The minimum atomic E-state index is -0.352. The largest absolute Gasteiger partial charge is 0.618 e. The number of hydrogen-bond acceptors (Lipinski definition) is 5. The fourth-order valence-electron chi connectivity index (χ4n) is 4.04. The number of benzene rings is 1. The molecular formula is C22H28N4O4. The number of ether oxygens (including phenoxy) is 2. The Labute approximate surface area is 175 Å². The van der Waals surface area contributed by atoms with E-state index in [4.69, 9.17) is 9.47 Å². The number of para-hydroxylation sites is 1. The maximum atomic E-state index is 12.3. The number of hydrogen-bond donors (Lipinski definition) is 1. The molecule has 4 rings (SSSR count). The molecule has 1 aromatic carbocycles. The lowest BCUT2D eigenvalue weighted by Gasteiger charge is -2.22. The van der Waals surface area contributed by atoms with Crippen LogP contribution in [-0.2, 0) is 22.4 Å². The van der Waals surface area contributed by atoms with Crippen molar-refractivity contribution in [2.75, 3.05) is 19.8 Å². The summed E-state index contributed by atoms with van der Waals surface area (Å²) in [5, 5.41) is 16.1. The van der Waals surface area contributed by atoms with Crippen LogP contribution in [0, 0.1) is 5.21 Å². The second-order valence-corrected chi connectivity index (χ2v) is 7.61. The van der Waals surface area contributed by atoms with Crippen molar-refractivity contribution >= 4 is 28.0 Å². The smallest absolute Gasteiger partial charge is 0.407 e. The van der Waals surface area contributed by atoms with Crippen LogP contribution in [0.3, 0.4) is 0 Å². The van der Waals surface area contributed by atoms with Crippen molar-refractivity contribution in [1.82, 2.24) is 14.9 Å². The third kappa shape index (κ3) is 4.33. The molecule has 0 bridgehead atoms. The fraction of sp³-hybridized carbons (Fsp3) is 0.500. The van der Waals surface area contributed by atoms with Gasteiger partial charge in [-0.3, -0.25) is 0 Å². The van der Waals surface area contributed by atoms with Crippen LogP contribution < -0.4 is 10.0 Å². The molecule has 1 amide bonds. The zero-order valence-electron chi connectivity index (χ0n) is 17.3. The van der Waals surface area contributed by atoms with Crippen LogP contribution in [0.25, 0.3) is 21.9 Å². The van der Waals surface area contributed by atoms with E-state index in [0.29, 0.717) is 30.9 Å². The molecule has 0 spiro atoms. The fourth-order valence-corrected chi connectivity index (χ4v) is 4.04. The van der Waals surface area contributed by atoms with Crippen molar-refractivity contribution in [2.45, 2.75) is 51.6 Å². The van der Waals surface area contributed by atoms with Gasteiger partial charge in [0, 0.05) is 38.3 Å². The number of carbonyl (C=O) groups is 1. The van der Waals surface area contributed by atoms with Gasteiger partial charge in [0.15, 0.2) is 5.52 Å². The van der Waals surface area contributed by atoms with E-state index in [9.17, 15) is 10.0 Å². The van der Waals surface area contributed by atoms with E-state index < -0.39 is 0 Å². The summed E-state index contributed by atoms with van der Waals surface area (Å²) in [6, 6.07) is 7.75. The Morgan fingerprint density at radius 3 is 2.93 bits per heavy atom. The lowest BCUT2D eigenvalue weighted by atomic mass is 10.1. The van der Waals surface area contributed by atoms with E-state index in [1.165, 1.54) is 0 Å². The summed E-state index contributed by atoms with van der Waals surface area (Å²) in [6.45, 7) is 4.58. The molecule has 0 saturated carbocycles. The molecule has 1 fully saturated rings. The minimum Gasteiger partial charge on any atom is -0.618 e. The first-order valence-corrected chi connectivity index (χ1v) is 10.7. The van der Waals surface area contributed by atoms with E-state index in [-0.39, 0.29) is 12.1 Å². The van der Waals surface area contributed by atoms with Crippen LogP contribution in [0.1, 0.15) is 38.4 Å². The van der Waals surface area contributed by atoms with Gasteiger partial charge >= 0.3 is 6.09 Å². The van der Waals surface area contributed by atoms with Gasteiger partial charge in [0.05, 0.1) is 17.5 Å². The van der Waals surface area contributed by atoms with Gasteiger partial charge in [-0.05, 0) is 31.7 Å². The van der Waals surface area contributed by atoms with Crippen LogP contribution in [0.4, 0.5) is 4.79 Å². The number of fused-ring (bicyclic) bond motifs is 3. The van der Waals surface area contributed by atoms with Crippen LogP contribution in [-0.4, -0.2) is 41.5 Å². The van der Waals surface area contributed by atoms with Crippen molar-refractivity contribution in [2.24, 2.45) is 0 Å². The molecule has 0 aliphatic carbocycles. The molecule has 30 heavy (non-hydrogen) atoms. The topological polar surface area (TPSA) is 92.3 Å². The standard InChI is InChI=1S/C22H28N4O4/c1-2-20-24-18-15-26(28)19-8-4-3-7-17(19)21(18)25(20)11-5-6-12-30-22(27)23-16-9-13-29-14-10-16/h3-4,7-8,15-16H,2,5-6,9-14H2,1H3,(H,23,27). The van der Waals surface area contributed by atoms with E-state index in [1.54, 1.807) is 6.20 Å². The summed E-state index contributed by atoms with van der Waals surface area (Å²) in [6.07, 6.45) is 5.26. The second kappa shape index (κ2) is 9.30. The van der Waals surface area contributed by atoms with Crippen LogP contribution >= 0.6 is 0 Å². The van der Waals surface area contributed by atoms with Gasteiger partial charge in [-0.1, -0.05) is 19.1 Å². The Morgan fingerprint density at radius 1 is 1.33 bits per heavy atom. The van der Waals surface area contributed by atoms with E-state index in [1.807, 2.05) is 24.3 Å². The first-order chi connectivity index (χ1) is 14.7. The summed E-state index contributed by atoms with van der Waals surface area (Å²) in [5.41, 5.74) is 2.35. The normalized spacial score (nSPS) is 15.0. The maximum absolute atomic E-state index is 12.3. The van der Waals surface area contributed by atoms with E-state index >= 15 is 0 Å². The van der Waals surface area contributed by atoms with Crippen molar-refractivity contribution < 1.29 is 19.0 Å². The molecule has 0 radical (unpaired) electrons. The van der Waals surface area contributed by atoms with Gasteiger partial charge in [-0.25, -0.2) is 9.78 Å². The highest BCUT2D eigenvalue weighted by Crippen LogP contribution is 2.24. The van der Waals surface area contributed by atoms with Gasteiger partial charge < -0.3 is 24.6 Å². The average Bonchev–Trinajstić information content (AvgIpc) is 3.12. The number of unbranched alkanes of at least 4 members (excludes halogenated alkanes) is 1. The molecule has 8 nitrogen and oxygen atoms in total. The Morgan fingerprint density at radius 2 is 2.13 bits per heavy atom. The predicted molar refractivity (Wildman–Crippen MR) is 113 cm³/mol. The number of pyridine rings is 1. The molecule has 2 aromatic heterocycles. The number of nitrogens with one attached hydrogen (secondary N) is 1. The molecule has 0 atom stereocenters. The highest BCUT2D eigenvalue weighted by molar-refractivity contribution is 6.00. The summed E-state index contributed by atoms with van der Waals surface area (Å²) < 4.78 is 13.7. The average molecular weight is 412 g/mol. The lowest BCUT2D eigenvalue weighted by molar-refractivity contribution is -0.575. The van der Waals surface area contributed by atoms with Crippen LogP contribution in [0.5, 0.6) is 0 Å². The lowest BCUT2D eigenvalue weighted by Crippen LogP contribution is -2.39. The van der Waals surface area contributed by atoms with Crippen LogP contribution in [0.15, 0.2) is 30.5 Å². The highest BCUT2D eigenvalue weighted by atomic mass is 16.5. The van der Waals surface area contributed by atoms with Crippen molar-refractivity contribution in [1.29, 1.82) is 0 Å². The first-order valence-electron chi connectivity index (χ1n) is 10.7. The monoisotopic (exact) mass is 412 g/mol. The summed E-state index contributed by atoms with van der Waals surface area (Å²) >= 11 is 0. The minimum absolute atomic E-state index is 0.146. The molecule has 160 valence electrons.